The number of ether oxygens (including phenoxy) is 1. The summed E-state index contributed by atoms with van der Waals surface area (Å²) < 4.78 is 10.8. The molecule has 1 unspecified atom stereocenters. The first-order valence-electron chi connectivity index (χ1n) is 5.58. The molecule has 0 radical (unpaired) electrons. The van der Waals surface area contributed by atoms with Crippen LogP contribution in [0.3, 0.4) is 0 Å². The fraction of sp³-hybridized carbons (Fsp3) is 0.333. The minimum Gasteiger partial charge on any atom is -0.481 e. The highest BCUT2D eigenvalue weighted by molar-refractivity contribution is 6.30. The molecule has 0 aliphatic rings. The average Bonchev–Trinajstić information content (AvgIpc) is 2.78. The van der Waals surface area contributed by atoms with Crippen LogP contribution in [0.1, 0.15) is 24.7 Å². The summed E-state index contributed by atoms with van der Waals surface area (Å²) in [6, 6.07) is 7.18. The molecule has 0 aliphatic carbocycles. The summed E-state index contributed by atoms with van der Waals surface area (Å²) in [7, 11) is 1.82. The zero-order chi connectivity index (χ0) is 13.0. The standard InChI is InChI=1S/C12H14ClN3O2/c1-8(12-15-11(7-14-2)16-18-12)17-10-5-3-4-9(13)6-10/h3-6,8,14H,7H2,1-2H3. The number of hydrogen-bond acceptors (Lipinski definition) is 5. The van der Waals surface area contributed by atoms with Crippen LogP contribution in [0.25, 0.3) is 0 Å². The molecule has 1 aromatic heterocycles. The van der Waals surface area contributed by atoms with E-state index in [-0.39, 0.29) is 6.10 Å². The van der Waals surface area contributed by atoms with Crippen molar-refractivity contribution in [2.24, 2.45) is 0 Å². The number of hydrogen-bond donors (Lipinski definition) is 1. The summed E-state index contributed by atoms with van der Waals surface area (Å²) in [5.74, 6) is 1.72. The Labute approximate surface area is 110 Å². The topological polar surface area (TPSA) is 60.2 Å². The lowest BCUT2D eigenvalue weighted by Crippen LogP contribution is -2.07. The van der Waals surface area contributed by atoms with Gasteiger partial charge in [-0.2, -0.15) is 4.98 Å². The van der Waals surface area contributed by atoms with E-state index in [1.165, 1.54) is 0 Å². The number of rotatable bonds is 5. The molecule has 96 valence electrons. The van der Waals surface area contributed by atoms with Gasteiger partial charge in [0.15, 0.2) is 11.9 Å². The number of benzene rings is 1. The molecule has 1 aromatic carbocycles. The van der Waals surface area contributed by atoms with E-state index >= 15 is 0 Å². The average molecular weight is 268 g/mol. The van der Waals surface area contributed by atoms with Gasteiger partial charge >= 0.3 is 0 Å². The molecular formula is C12H14ClN3O2. The Morgan fingerprint density at radius 3 is 3.06 bits per heavy atom. The lowest BCUT2D eigenvalue weighted by Gasteiger charge is -2.10. The molecule has 0 spiro atoms. The number of nitrogens with one attached hydrogen (secondary N) is 1. The summed E-state index contributed by atoms with van der Waals surface area (Å²) >= 11 is 5.88. The summed E-state index contributed by atoms with van der Waals surface area (Å²) in [4.78, 5) is 4.22. The first-order chi connectivity index (χ1) is 8.69. The van der Waals surface area contributed by atoms with Crippen molar-refractivity contribution in [1.29, 1.82) is 0 Å². The highest BCUT2D eigenvalue weighted by atomic mass is 35.5. The van der Waals surface area contributed by atoms with Crippen molar-refractivity contribution >= 4 is 11.6 Å². The molecule has 1 heterocycles. The van der Waals surface area contributed by atoms with Crippen LogP contribution >= 0.6 is 11.6 Å². The largest absolute Gasteiger partial charge is 0.481 e. The van der Waals surface area contributed by atoms with Crippen LogP contribution in [-0.2, 0) is 6.54 Å². The Hall–Kier alpha value is -1.59. The van der Waals surface area contributed by atoms with Crippen molar-refractivity contribution in [3.8, 4) is 5.75 Å². The van der Waals surface area contributed by atoms with Crippen molar-refractivity contribution in [1.82, 2.24) is 15.5 Å². The van der Waals surface area contributed by atoms with Crippen LogP contribution in [0.4, 0.5) is 0 Å². The smallest absolute Gasteiger partial charge is 0.267 e. The Balaban J connectivity index is 2.04. The van der Waals surface area contributed by atoms with E-state index in [1.807, 2.05) is 26.1 Å². The summed E-state index contributed by atoms with van der Waals surface area (Å²) in [5.41, 5.74) is 0. The van der Waals surface area contributed by atoms with Crippen molar-refractivity contribution in [2.75, 3.05) is 7.05 Å². The quantitative estimate of drug-likeness (QED) is 0.902. The second kappa shape index (κ2) is 5.84. The third-order valence-corrected chi connectivity index (χ3v) is 2.51. The molecule has 1 atom stereocenters. The fourth-order valence-electron chi connectivity index (χ4n) is 1.46. The minimum absolute atomic E-state index is 0.318. The van der Waals surface area contributed by atoms with Crippen molar-refractivity contribution in [2.45, 2.75) is 19.6 Å². The van der Waals surface area contributed by atoms with Crippen LogP contribution in [-0.4, -0.2) is 17.2 Å². The Bertz CT molecular complexity index is 516. The van der Waals surface area contributed by atoms with E-state index in [1.54, 1.807) is 12.1 Å². The maximum atomic E-state index is 5.88. The Morgan fingerprint density at radius 1 is 1.50 bits per heavy atom. The van der Waals surface area contributed by atoms with Gasteiger partial charge < -0.3 is 14.6 Å². The van der Waals surface area contributed by atoms with E-state index in [0.29, 0.717) is 29.0 Å². The zero-order valence-electron chi connectivity index (χ0n) is 10.2. The molecular weight excluding hydrogens is 254 g/mol. The molecule has 0 saturated carbocycles. The fourth-order valence-corrected chi connectivity index (χ4v) is 1.64. The number of nitrogens with zero attached hydrogens (tertiary/aromatic N) is 2. The van der Waals surface area contributed by atoms with Gasteiger partial charge in [-0.25, -0.2) is 0 Å². The molecule has 2 rings (SSSR count). The number of halogens is 1. The van der Waals surface area contributed by atoms with Crippen LogP contribution in [0.2, 0.25) is 5.02 Å². The van der Waals surface area contributed by atoms with Gasteiger partial charge in [-0.05, 0) is 32.2 Å². The Kier molecular flexibility index (Phi) is 4.17. The van der Waals surface area contributed by atoms with Gasteiger partial charge in [-0.1, -0.05) is 22.8 Å². The highest BCUT2D eigenvalue weighted by Crippen LogP contribution is 2.23. The predicted molar refractivity (Wildman–Crippen MR) is 67.6 cm³/mol. The highest BCUT2D eigenvalue weighted by Gasteiger charge is 2.15. The third-order valence-electron chi connectivity index (χ3n) is 2.28. The van der Waals surface area contributed by atoms with Gasteiger partial charge in [0.1, 0.15) is 5.75 Å². The van der Waals surface area contributed by atoms with Crippen molar-refractivity contribution < 1.29 is 9.26 Å². The van der Waals surface area contributed by atoms with Crippen LogP contribution in [0.15, 0.2) is 28.8 Å². The molecule has 18 heavy (non-hydrogen) atoms. The molecule has 0 saturated heterocycles. The molecule has 0 aliphatic heterocycles. The summed E-state index contributed by atoms with van der Waals surface area (Å²) in [6.07, 6.45) is -0.318. The van der Waals surface area contributed by atoms with Crippen molar-refractivity contribution in [3.05, 3.63) is 41.0 Å². The first-order valence-corrected chi connectivity index (χ1v) is 5.96. The first kappa shape index (κ1) is 12.9. The predicted octanol–water partition coefficient (Wildman–Crippen LogP) is 2.58. The maximum Gasteiger partial charge on any atom is 0.267 e. The second-order valence-electron chi connectivity index (χ2n) is 3.80. The second-order valence-corrected chi connectivity index (χ2v) is 4.23. The van der Waals surface area contributed by atoms with Gasteiger partial charge in [0.05, 0.1) is 6.54 Å². The van der Waals surface area contributed by atoms with Gasteiger partial charge in [-0.15, -0.1) is 0 Å². The van der Waals surface area contributed by atoms with E-state index in [4.69, 9.17) is 20.9 Å². The molecule has 6 heteroatoms. The molecule has 0 amide bonds. The van der Waals surface area contributed by atoms with E-state index in [2.05, 4.69) is 15.5 Å². The molecule has 0 bridgehead atoms. The summed E-state index contributed by atoms with van der Waals surface area (Å²) in [6.45, 7) is 2.41. The zero-order valence-corrected chi connectivity index (χ0v) is 10.9. The SMILES string of the molecule is CNCc1noc(C(C)Oc2cccc(Cl)c2)n1. The lowest BCUT2D eigenvalue weighted by molar-refractivity contribution is 0.175. The van der Waals surface area contributed by atoms with Gasteiger partial charge in [0.25, 0.3) is 5.89 Å². The van der Waals surface area contributed by atoms with Gasteiger partial charge in [-0.3, -0.25) is 0 Å². The third kappa shape index (κ3) is 3.21. The molecule has 2 aromatic rings. The number of aromatic nitrogens is 2. The van der Waals surface area contributed by atoms with Gasteiger partial charge in [0, 0.05) is 5.02 Å². The Morgan fingerprint density at radius 2 is 2.33 bits per heavy atom. The lowest BCUT2D eigenvalue weighted by atomic mass is 10.3. The van der Waals surface area contributed by atoms with E-state index < -0.39 is 0 Å². The molecule has 5 nitrogen and oxygen atoms in total. The van der Waals surface area contributed by atoms with Crippen LogP contribution in [0.5, 0.6) is 5.75 Å². The summed E-state index contributed by atoms with van der Waals surface area (Å²) in [5, 5.41) is 7.41. The molecule has 1 N–H and O–H groups in total. The monoisotopic (exact) mass is 267 g/mol. The minimum atomic E-state index is -0.318. The van der Waals surface area contributed by atoms with Crippen molar-refractivity contribution in [3.63, 3.8) is 0 Å². The van der Waals surface area contributed by atoms with E-state index in [0.717, 1.165) is 0 Å². The maximum absolute atomic E-state index is 5.88. The van der Waals surface area contributed by atoms with Gasteiger partial charge in [0.2, 0.25) is 0 Å². The van der Waals surface area contributed by atoms with E-state index in [9.17, 15) is 0 Å². The van der Waals surface area contributed by atoms with Crippen LogP contribution in [0, 0.1) is 0 Å². The normalized spacial score (nSPS) is 12.4. The molecule has 0 fully saturated rings. The van der Waals surface area contributed by atoms with Crippen LogP contribution < -0.4 is 10.1 Å².